The van der Waals surface area contributed by atoms with Crippen molar-refractivity contribution >= 4 is 20.9 Å². The average molecular weight is 511 g/mol. The molecule has 5 rings (SSSR count). The zero-order valence-corrected chi connectivity index (χ0v) is 21.6. The van der Waals surface area contributed by atoms with E-state index in [1.54, 1.807) is 32.0 Å². The Balaban J connectivity index is 1.51. The molecule has 190 valence electrons. The maximum Gasteiger partial charge on any atom is 0.246 e. The maximum absolute atomic E-state index is 13.5. The van der Waals surface area contributed by atoms with Gasteiger partial charge in [0.05, 0.1) is 23.6 Å². The molecular weight excluding hydrogens is 479 g/mol. The molecule has 0 saturated carbocycles. The number of halogens is 1. The van der Waals surface area contributed by atoms with E-state index < -0.39 is 10.0 Å². The summed E-state index contributed by atoms with van der Waals surface area (Å²) in [5.74, 6) is -0.288. The minimum Gasteiger partial charge on any atom is -0.294 e. The average Bonchev–Trinajstić information content (AvgIpc) is 3.52. The first-order valence-electron chi connectivity index (χ1n) is 12.3. The highest BCUT2D eigenvalue weighted by molar-refractivity contribution is 7.89. The summed E-state index contributed by atoms with van der Waals surface area (Å²) in [5.41, 5.74) is 3.88. The van der Waals surface area contributed by atoms with Gasteiger partial charge in [0, 0.05) is 43.8 Å². The van der Waals surface area contributed by atoms with Crippen LogP contribution in [0.2, 0.25) is 0 Å². The Bertz CT molecular complexity index is 1480. The second kappa shape index (κ2) is 9.76. The molecule has 0 N–H and O–H groups in total. The predicted octanol–water partition coefficient (Wildman–Crippen LogP) is 4.15. The second-order valence-corrected chi connectivity index (χ2v) is 11.2. The van der Waals surface area contributed by atoms with Crippen molar-refractivity contribution in [3.8, 4) is 5.69 Å². The molecule has 1 fully saturated rings. The van der Waals surface area contributed by atoms with E-state index in [0.717, 1.165) is 40.7 Å². The van der Waals surface area contributed by atoms with Gasteiger partial charge in [0.2, 0.25) is 10.0 Å². The normalized spacial score (nSPS) is 17.7. The third-order valence-corrected chi connectivity index (χ3v) is 8.74. The fourth-order valence-electron chi connectivity index (χ4n) is 5.01. The summed E-state index contributed by atoms with van der Waals surface area (Å²) >= 11 is 0. The lowest BCUT2D eigenvalue weighted by molar-refractivity contribution is 0.118. The summed E-state index contributed by atoms with van der Waals surface area (Å²) in [6, 6.07) is 10.4. The smallest absolute Gasteiger partial charge is 0.246 e. The molecule has 0 spiro atoms. The third-order valence-electron chi connectivity index (χ3n) is 6.92. The zero-order valence-electron chi connectivity index (χ0n) is 20.8. The number of nitrogens with zero attached hydrogens (tertiary/aromatic N) is 6. The van der Waals surface area contributed by atoms with E-state index in [1.807, 2.05) is 13.1 Å². The summed E-state index contributed by atoms with van der Waals surface area (Å²) < 4.78 is 45.4. The molecule has 1 aliphatic rings. The summed E-state index contributed by atoms with van der Waals surface area (Å²) in [4.78, 5) is 2.61. The standard InChI is InChI=1S/C26H31FN6O2S/c1-4-10-30-11-12-32(36(34,35)23-16-28-31(5-2)17-23)18-26(30)24-14-20-15-29-33(25(20)13-19(24)3)22-8-6-21(27)7-9-22/h6-9,13-17,26H,4-5,10-12,18H2,1-3H3/t26-/m1/s1. The minimum atomic E-state index is -3.65. The minimum absolute atomic E-state index is 0.0757. The van der Waals surface area contributed by atoms with E-state index in [0.29, 0.717) is 26.2 Å². The van der Waals surface area contributed by atoms with Gasteiger partial charge >= 0.3 is 0 Å². The Labute approximate surface area is 211 Å². The first kappa shape index (κ1) is 24.6. The van der Waals surface area contributed by atoms with Crippen molar-refractivity contribution in [2.45, 2.75) is 44.7 Å². The Morgan fingerprint density at radius 3 is 2.53 bits per heavy atom. The van der Waals surface area contributed by atoms with Crippen LogP contribution in [0.1, 0.15) is 37.4 Å². The summed E-state index contributed by atoms with van der Waals surface area (Å²) in [6.07, 6.45) is 5.83. The molecule has 8 nitrogen and oxygen atoms in total. The third kappa shape index (κ3) is 4.44. The van der Waals surface area contributed by atoms with E-state index in [9.17, 15) is 12.8 Å². The highest BCUT2D eigenvalue weighted by Crippen LogP contribution is 2.33. The quantitative estimate of drug-likeness (QED) is 0.373. The van der Waals surface area contributed by atoms with Crippen LogP contribution in [-0.4, -0.2) is 63.4 Å². The summed E-state index contributed by atoms with van der Waals surface area (Å²) in [5, 5.41) is 9.67. The first-order chi connectivity index (χ1) is 17.3. The molecule has 0 aliphatic carbocycles. The number of rotatable bonds is 7. The molecule has 2 aromatic carbocycles. The van der Waals surface area contributed by atoms with Crippen molar-refractivity contribution in [3.63, 3.8) is 0 Å². The first-order valence-corrected chi connectivity index (χ1v) is 13.8. The van der Waals surface area contributed by atoms with Crippen LogP contribution in [0.3, 0.4) is 0 Å². The van der Waals surface area contributed by atoms with Gasteiger partial charge in [0.15, 0.2) is 0 Å². The van der Waals surface area contributed by atoms with Gasteiger partial charge in [-0.2, -0.15) is 14.5 Å². The highest BCUT2D eigenvalue weighted by Gasteiger charge is 2.36. The van der Waals surface area contributed by atoms with E-state index in [-0.39, 0.29) is 16.8 Å². The van der Waals surface area contributed by atoms with Crippen molar-refractivity contribution in [3.05, 3.63) is 71.9 Å². The Morgan fingerprint density at radius 1 is 1.06 bits per heavy atom. The van der Waals surface area contributed by atoms with Crippen LogP contribution in [0.5, 0.6) is 0 Å². The number of aryl methyl sites for hydroxylation is 2. The van der Waals surface area contributed by atoms with Gasteiger partial charge in [-0.25, -0.2) is 17.5 Å². The van der Waals surface area contributed by atoms with Gasteiger partial charge in [-0.1, -0.05) is 6.92 Å². The van der Waals surface area contributed by atoms with E-state index in [1.165, 1.54) is 18.3 Å². The van der Waals surface area contributed by atoms with Crippen LogP contribution in [0, 0.1) is 12.7 Å². The number of piperazine rings is 1. The van der Waals surface area contributed by atoms with E-state index >= 15 is 0 Å². The molecule has 1 saturated heterocycles. The van der Waals surface area contributed by atoms with Crippen molar-refractivity contribution in [1.29, 1.82) is 0 Å². The van der Waals surface area contributed by atoms with Crippen molar-refractivity contribution in [1.82, 2.24) is 28.8 Å². The van der Waals surface area contributed by atoms with Gasteiger partial charge in [0.25, 0.3) is 0 Å². The van der Waals surface area contributed by atoms with Crippen LogP contribution in [-0.2, 0) is 16.6 Å². The predicted molar refractivity (Wildman–Crippen MR) is 137 cm³/mol. The SMILES string of the molecule is CCCN1CCN(S(=O)(=O)c2cnn(CC)c2)C[C@@H]1c1cc2cnn(-c3ccc(F)cc3)c2cc1C. The largest absolute Gasteiger partial charge is 0.294 e. The zero-order chi connectivity index (χ0) is 25.4. The van der Waals surface area contributed by atoms with Crippen LogP contribution >= 0.6 is 0 Å². The van der Waals surface area contributed by atoms with Gasteiger partial charge in [-0.15, -0.1) is 0 Å². The number of hydrogen-bond acceptors (Lipinski definition) is 5. The van der Waals surface area contributed by atoms with Crippen LogP contribution < -0.4 is 0 Å². The van der Waals surface area contributed by atoms with Crippen molar-refractivity contribution in [2.75, 3.05) is 26.2 Å². The molecule has 36 heavy (non-hydrogen) atoms. The van der Waals surface area contributed by atoms with Gasteiger partial charge in [-0.05, 0) is 74.3 Å². The Kier molecular flexibility index (Phi) is 6.67. The number of fused-ring (bicyclic) bond motifs is 1. The Hall–Kier alpha value is -3.08. The lowest BCUT2D eigenvalue weighted by Gasteiger charge is -2.41. The topological polar surface area (TPSA) is 76.3 Å². The fraction of sp³-hybridized carbons (Fsp3) is 0.385. The van der Waals surface area contributed by atoms with Crippen LogP contribution in [0.25, 0.3) is 16.6 Å². The van der Waals surface area contributed by atoms with Crippen molar-refractivity contribution < 1.29 is 12.8 Å². The molecule has 0 bridgehead atoms. The summed E-state index contributed by atoms with van der Waals surface area (Å²) in [6.45, 7) is 9.11. The number of sulfonamides is 1. The molecule has 10 heteroatoms. The molecular formula is C26H31FN6O2S. The molecule has 0 radical (unpaired) electrons. The van der Waals surface area contributed by atoms with Crippen LogP contribution in [0.4, 0.5) is 4.39 Å². The van der Waals surface area contributed by atoms with Gasteiger partial charge in [0.1, 0.15) is 10.7 Å². The van der Waals surface area contributed by atoms with Crippen molar-refractivity contribution in [2.24, 2.45) is 0 Å². The maximum atomic E-state index is 13.5. The van der Waals surface area contributed by atoms with Gasteiger partial charge < -0.3 is 0 Å². The van der Waals surface area contributed by atoms with Crippen LogP contribution in [0.15, 0.2) is 59.9 Å². The highest BCUT2D eigenvalue weighted by atomic mass is 32.2. The number of aromatic nitrogens is 4. The molecule has 4 aromatic rings. The lowest BCUT2D eigenvalue weighted by Crippen LogP contribution is -2.50. The monoisotopic (exact) mass is 510 g/mol. The fourth-order valence-corrected chi connectivity index (χ4v) is 6.40. The Morgan fingerprint density at radius 2 is 1.83 bits per heavy atom. The molecule has 3 heterocycles. The molecule has 0 unspecified atom stereocenters. The second-order valence-electron chi connectivity index (χ2n) is 9.25. The number of benzene rings is 2. The number of hydrogen-bond donors (Lipinski definition) is 0. The molecule has 1 atom stereocenters. The molecule has 1 aliphatic heterocycles. The molecule has 2 aromatic heterocycles. The van der Waals surface area contributed by atoms with E-state index in [4.69, 9.17) is 0 Å². The van der Waals surface area contributed by atoms with E-state index in [2.05, 4.69) is 41.1 Å². The summed E-state index contributed by atoms with van der Waals surface area (Å²) in [7, 11) is -3.65. The molecule has 0 amide bonds. The van der Waals surface area contributed by atoms with Gasteiger partial charge in [-0.3, -0.25) is 9.58 Å². The lowest BCUT2D eigenvalue weighted by atomic mass is 9.96.